The Balaban J connectivity index is 2.60. The average Bonchev–Trinajstić information content (AvgIpc) is 1.86. The highest BCUT2D eigenvalue weighted by Gasteiger charge is 2.23. The molecule has 1 saturated heterocycles. The van der Waals surface area contributed by atoms with Crippen LogP contribution in [0, 0.1) is 0 Å². The summed E-state index contributed by atoms with van der Waals surface area (Å²) >= 11 is 0. The number of rotatable bonds is 1. The van der Waals surface area contributed by atoms with E-state index in [0.717, 1.165) is 0 Å². The number of ether oxygens (including phenoxy) is 1. The van der Waals surface area contributed by atoms with Crippen LogP contribution in [-0.2, 0) is 14.8 Å². The maximum Gasteiger partial charge on any atom is 0.211 e. The van der Waals surface area contributed by atoms with Gasteiger partial charge in [0.25, 0.3) is 0 Å². The normalized spacial score (nSPS) is 28.7. The summed E-state index contributed by atoms with van der Waals surface area (Å²) in [7, 11) is -3.01. The molecule has 1 aliphatic rings. The summed E-state index contributed by atoms with van der Waals surface area (Å²) in [5.74, 6) is 0. The zero-order chi connectivity index (χ0) is 8.48. The van der Waals surface area contributed by atoms with Gasteiger partial charge in [-0.25, -0.2) is 8.42 Å². The van der Waals surface area contributed by atoms with Crippen molar-refractivity contribution in [2.45, 2.75) is 13.0 Å². The van der Waals surface area contributed by atoms with Gasteiger partial charge >= 0.3 is 0 Å². The van der Waals surface area contributed by atoms with E-state index in [9.17, 15) is 8.42 Å². The van der Waals surface area contributed by atoms with Gasteiger partial charge in [0.1, 0.15) is 0 Å². The molecule has 1 fully saturated rings. The summed E-state index contributed by atoms with van der Waals surface area (Å²) < 4.78 is 28.6. The molecule has 0 aromatic heterocycles. The van der Waals surface area contributed by atoms with Crippen molar-refractivity contribution in [1.82, 2.24) is 4.31 Å². The van der Waals surface area contributed by atoms with Crippen LogP contribution in [0.4, 0.5) is 0 Å². The molecule has 1 aliphatic heterocycles. The molecule has 0 amide bonds. The lowest BCUT2D eigenvalue weighted by Crippen LogP contribution is -2.43. The van der Waals surface area contributed by atoms with Crippen LogP contribution in [0.25, 0.3) is 0 Å². The van der Waals surface area contributed by atoms with Crippen LogP contribution in [0.3, 0.4) is 0 Å². The molecule has 1 rings (SSSR count). The highest BCUT2D eigenvalue weighted by atomic mass is 32.2. The zero-order valence-corrected chi connectivity index (χ0v) is 7.60. The lowest BCUT2D eigenvalue weighted by Gasteiger charge is -2.28. The van der Waals surface area contributed by atoms with E-state index < -0.39 is 10.0 Å². The monoisotopic (exact) mass is 179 g/mol. The first-order valence-corrected chi connectivity index (χ1v) is 5.41. The van der Waals surface area contributed by atoms with Gasteiger partial charge in [0.2, 0.25) is 10.0 Å². The average molecular weight is 179 g/mol. The topological polar surface area (TPSA) is 46.6 Å². The fourth-order valence-corrected chi connectivity index (χ4v) is 1.97. The van der Waals surface area contributed by atoms with E-state index >= 15 is 0 Å². The minimum Gasteiger partial charge on any atom is -0.376 e. The largest absolute Gasteiger partial charge is 0.376 e. The quantitative estimate of drug-likeness (QED) is 0.553. The van der Waals surface area contributed by atoms with Crippen molar-refractivity contribution in [2.75, 3.05) is 26.0 Å². The van der Waals surface area contributed by atoms with E-state index in [4.69, 9.17) is 4.74 Å². The van der Waals surface area contributed by atoms with Gasteiger partial charge in [0.15, 0.2) is 0 Å². The van der Waals surface area contributed by atoms with Crippen molar-refractivity contribution in [2.24, 2.45) is 0 Å². The first-order chi connectivity index (χ1) is 5.00. The molecule has 0 unspecified atom stereocenters. The number of hydrogen-bond donors (Lipinski definition) is 0. The van der Waals surface area contributed by atoms with E-state index in [2.05, 4.69) is 0 Å². The van der Waals surface area contributed by atoms with Crippen LogP contribution < -0.4 is 0 Å². The predicted molar refractivity (Wildman–Crippen MR) is 41.8 cm³/mol. The molecular formula is C6H13NO3S. The highest BCUT2D eigenvalue weighted by Crippen LogP contribution is 2.07. The van der Waals surface area contributed by atoms with E-state index in [0.29, 0.717) is 19.7 Å². The third kappa shape index (κ3) is 2.43. The number of morpholine rings is 1. The number of nitrogens with zero attached hydrogens (tertiary/aromatic N) is 1. The van der Waals surface area contributed by atoms with Crippen LogP contribution in [0.2, 0.25) is 0 Å². The Morgan fingerprint density at radius 3 is 2.55 bits per heavy atom. The second-order valence-corrected chi connectivity index (χ2v) is 4.78. The Hall–Kier alpha value is -0.130. The molecule has 4 nitrogen and oxygen atoms in total. The SMILES string of the molecule is C[C@H]1CN(S(C)(=O)=O)CCO1. The van der Waals surface area contributed by atoms with Gasteiger partial charge in [-0.05, 0) is 6.92 Å². The highest BCUT2D eigenvalue weighted by molar-refractivity contribution is 7.88. The second kappa shape index (κ2) is 3.08. The molecule has 66 valence electrons. The third-order valence-electron chi connectivity index (χ3n) is 1.67. The van der Waals surface area contributed by atoms with Gasteiger partial charge in [0, 0.05) is 13.1 Å². The summed E-state index contributed by atoms with van der Waals surface area (Å²) in [6.45, 7) is 3.35. The summed E-state index contributed by atoms with van der Waals surface area (Å²) in [5.41, 5.74) is 0. The maximum atomic E-state index is 11.0. The first-order valence-electron chi connectivity index (χ1n) is 3.57. The van der Waals surface area contributed by atoms with Crippen molar-refractivity contribution >= 4 is 10.0 Å². The van der Waals surface area contributed by atoms with Crippen LogP contribution in [-0.4, -0.2) is 44.8 Å². The predicted octanol–water partition coefficient (Wildman–Crippen LogP) is -0.333. The van der Waals surface area contributed by atoms with Crippen molar-refractivity contribution in [3.63, 3.8) is 0 Å². The summed E-state index contributed by atoms with van der Waals surface area (Å²) in [5, 5.41) is 0. The van der Waals surface area contributed by atoms with Gasteiger partial charge in [-0.2, -0.15) is 4.31 Å². The summed E-state index contributed by atoms with van der Waals surface area (Å²) in [6, 6.07) is 0. The van der Waals surface area contributed by atoms with Crippen LogP contribution in [0.1, 0.15) is 6.92 Å². The molecule has 1 atom stereocenters. The Morgan fingerprint density at radius 2 is 2.18 bits per heavy atom. The van der Waals surface area contributed by atoms with Crippen LogP contribution in [0.15, 0.2) is 0 Å². The van der Waals surface area contributed by atoms with Crippen molar-refractivity contribution < 1.29 is 13.2 Å². The molecule has 0 aromatic rings. The third-order valence-corrected chi connectivity index (χ3v) is 2.94. The molecule has 0 spiro atoms. The molecule has 0 aliphatic carbocycles. The Labute approximate surface area is 67.2 Å². The van der Waals surface area contributed by atoms with Crippen molar-refractivity contribution in [3.8, 4) is 0 Å². The molecule has 0 aromatic carbocycles. The van der Waals surface area contributed by atoms with Gasteiger partial charge in [-0.3, -0.25) is 0 Å². The summed E-state index contributed by atoms with van der Waals surface area (Å²) in [4.78, 5) is 0. The van der Waals surface area contributed by atoms with Gasteiger partial charge in [0.05, 0.1) is 19.0 Å². The summed E-state index contributed by atoms with van der Waals surface area (Å²) in [6.07, 6.45) is 1.25. The van der Waals surface area contributed by atoms with Gasteiger partial charge in [-0.1, -0.05) is 0 Å². The molecule has 0 saturated carbocycles. The molecule has 1 heterocycles. The first kappa shape index (κ1) is 8.96. The van der Waals surface area contributed by atoms with Crippen molar-refractivity contribution in [1.29, 1.82) is 0 Å². The Morgan fingerprint density at radius 1 is 1.55 bits per heavy atom. The van der Waals surface area contributed by atoms with E-state index in [1.165, 1.54) is 10.6 Å². The van der Waals surface area contributed by atoms with E-state index in [1.54, 1.807) is 0 Å². The molecule has 0 N–H and O–H groups in total. The molecule has 5 heteroatoms. The second-order valence-electron chi connectivity index (χ2n) is 2.80. The Bertz CT molecular complexity index is 224. The molecule has 0 radical (unpaired) electrons. The van der Waals surface area contributed by atoms with Crippen LogP contribution in [0.5, 0.6) is 0 Å². The smallest absolute Gasteiger partial charge is 0.211 e. The van der Waals surface area contributed by atoms with Crippen LogP contribution >= 0.6 is 0 Å². The molecule has 0 bridgehead atoms. The lowest BCUT2D eigenvalue weighted by molar-refractivity contribution is 0.0104. The number of sulfonamides is 1. The minimum absolute atomic E-state index is 0.0264. The zero-order valence-electron chi connectivity index (χ0n) is 6.78. The lowest BCUT2D eigenvalue weighted by atomic mass is 10.3. The van der Waals surface area contributed by atoms with Crippen molar-refractivity contribution in [3.05, 3.63) is 0 Å². The molecular weight excluding hydrogens is 166 g/mol. The van der Waals surface area contributed by atoms with Gasteiger partial charge in [-0.15, -0.1) is 0 Å². The minimum atomic E-state index is -3.01. The van der Waals surface area contributed by atoms with E-state index in [-0.39, 0.29) is 6.10 Å². The fourth-order valence-electron chi connectivity index (χ4n) is 1.09. The fraction of sp³-hybridized carbons (Fsp3) is 1.00. The number of hydrogen-bond acceptors (Lipinski definition) is 3. The van der Waals surface area contributed by atoms with Gasteiger partial charge < -0.3 is 4.74 Å². The standard InChI is InChI=1S/C6H13NO3S/c1-6-5-7(3-4-10-6)11(2,8)9/h6H,3-5H2,1-2H3/t6-/m0/s1. The molecule has 11 heavy (non-hydrogen) atoms. The maximum absolute atomic E-state index is 11.0. The van der Waals surface area contributed by atoms with E-state index in [1.807, 2.05) is 6.92 Å². The Kier molecular flexibility index (Phi) is 2.51.